The molecule has 4 heterocycles. The largest absolute Gasteiger partial charge is 0.762 e. The molecule has 0 aromatic rings. The van der Waals surface area contributed by atoms with Crippen LogP contribution >= 0.6 is 0 Å². The maximum atomic E-state index is 11.0. The van der Waals surface area contributed by atoms with E-state index in [-0.39, 0.29) is 94.7 Å². The van der Waals surface area contributed by atoms with E-state index >= 15 is 0 Å². The molecular formula is C55H120B4F3N8O21Si2. The fourth-order valence-corrected chi connectivity index (χ4v) is 11.7. The molecule has 0 unspecified atom stereocenters. The number of methoxy groups -OCH3 is 3. The Morgan fingerprint density at radius 2 is 0.882 bits per heavy atom. The van der Waals surface area contributed by atoms with Crippen LogP contribution in [0.25, 0.3) is 0 Å². The topological polar surface area (TPSA) is 424 Å². The number of carboxylic acid groups (broad SMARTS) is 1. The van der Waals surface area contributed by atoms with Gasteiger partial charge in [0, 0.05) is 61.9 Å². The molecule has 11 N–H and O–H groups in total. The first-order valence-electron chi connectivity index (χ1n) is 29.2. The Labute approximate surface area is 558 Å². The van der Waals surface area contributed by atoms with Gasteiger partial charge >= 0.3 is 31.4 Å². The zero-order chi connectivity index (χ0) is 68.9. The van der Waals surface area contributed by atoms with E-state index in [1.165, 1.54) is 26.3 Å². The number of ether oxygens (including phenoxy) is 4. The van der Waals surface area contributed by atoms with Crippen molar-refractivity contribution >= 4 is 70.6 Å². The third-order valence-electron chi connectivity index (χ3n) is 15.9. The third-order valence-corrected chi connectivity index (χ3v) is 24.9. The molecule has 2 aliphatic carbocycles. The van der Waals surface area contributed by atoms with Gasteiger partial charge in [-0.05, 0) is 114 Å². The molecule has 93 heavy (non-hydrogen) atoms. The monoisotopic (exact) mass is 1390 g/mol. The van der Waals surface area contributed by atoms with E-state index in [0.29, 0.717) is 45.3 Å². The molecule has 29 nitrogen and oxygen atoms in total. The fraction of sp³-hybridized carbons (Fsp3) is 0.927. The second-order valence-corrected chi connectivity index (χ2v) is 33.3. The number of carbonyl (C=O) groups excluding carboxylic acids is 3. The summed E-state index contributed by atoms with van der Waals surface area (Å²) >= 11 is 0. The van der Waals surface area contributed by atoms with Crippen LogP contribution in [0.2, 0.25) is 36.3 Å². The first-order chi connectivity index (χ1) is 40.8. The highest BCUT2D eigenvalue weighted by Gasteiger charge is 2.46. The van der Waals surface area contributed by atoms with Gasteiger partial charge < -0.3 is 69.0 Å². The molecule has 12 atom stereocenters. The summed E-state index contributed by atoms with van der Waals surface area (Å²) in [5.41, 5.74) is 0. The van der Waals surface area contributed by atoms with Gasteiger partial charge in [0.2, 0.25) is 0 Å². The highest BCUT2D eigenvalue weighted by atomic mass is 28.4. The number of carbonyl (C=O) groups is 4. The quantitative estimate of drug-likeness (QED) is 0.0350. The van der Waals surface area contributed by atoms with Gasteiger partial charge in [-0.3, -0.25) is 33.4 Å². The Kier molecular flexibility index (Phi) is 61.2. The van der Waals surface area contributed by atoms with Gasteiger partial charge in [0.1, 0.15) is 0 Å². The van der Waals surface area contributed by atoms with E-state index in [1.807, 2.05) is 13.8 Å². The van der Waals surface area contributed by atoms with Crippen molar-refractivity contribution in [2.75, 3.05) is 73.9 Å². The predicted octanol–water partition coefficient (Wildman–Crippen LogP) is 5.05. The van der Waals surface area contributed by atoms with Crippen molar-refractivity contribution in [3.63, 3.8) is 0 Å². The molecule has 6 fully saturated rings. The van der Waals surface area contributed by atoms with Crippen molar-refractivity contribution in [1.29, 1.82) is 0 Å². The van der Waals surface area contributed by atoms with Crippen molar-refractivity contribution < 1.29 is 101 Å². The zero-order valence-corrected chi connectivity index (χ0v) is 56.7. The van der Waals surface area contributed by atoms with E-state index in [4.69, 9.17) is 29.6 Å². The van der Waals surface area contributed by atoms with E-state index in [0.717, 1.165) is 75.4 Å². The summed E-state index contributed by atoms with van der Waals surface area (Å²) in [7, 11) is 6.49. The zero-order valence-electron chi connectivity index (χ0n) is 54.7. The number of hydrogen-bond acceptors (Lipinski definition) is 24. The molecule has 2 saturated carbocycles. The van der Waals surface area contributed by atoms with Gasteiger partial charge in [-0.25, -0.2) is 24.6 Å². The number of carboxylic acids is 1. The highest BCUT2D eigenvalue weighted by molar-refractivity contribution is 7.17. The average Bonchev–Trinajstić information content (AvgIpc) is 1.81. The summed E-state index contributed by atoms with van der Waals surface area (Å²) in [5.74, 6) is 2.68. The lowest BCUT2D eigenvalue weighted by atomic mass is 9.40. The number of aliphatic hydroxyl groups is 6. The average molecular weight is 1390 g/mol. The number of aliphatic carboxylic acids is 1. The number of halogens is 3. The van der Waals surface area contributed by atoms with Gasteiger partial charge in [-0.2, -0.15) is 0 Å². The van der Waals surface area contributed by atoms with Crippen molar-refractivity contribution in [2.45, 2.75) is 246 Å². The molecule has 4 aliphatic heterocycles. The number of nitrogens with zero attached hydrogens (tertiary/aromatic N) is 7. The van der Waals surface area contributed by atoms with Crippen LogP contribution in [-0.4, -0.2) is 267 Å². The molecule has 0 amide bonds. The van der Waals surface area contributed by atoms with Gasteiger partial charge in [0.15, 0.2) is 28.7 Å². The van der Waals surface area contributed by atoms with Crippen LogP contribution in [0.15, 0.2) is 15.9 Å². The Bertz CT molecular complexity index is 1940. The van der Waals surface area contributed by atoms with Crippen molar-refractivity contribution in [1.82, 2.24) is 20.0 Å². The minimum Gasteiger partial charge on any atom is -0.481 e. The van der Waals surface area contributed by atoms with Crippen molar-refractivity contribution in [3.8, 4) is 0 Å². The Hall–Kier alpha value is -3.92. The van der Waals surface area contributed by atoms with Crippen LogP contribution in [-0.2, 0) is 47.0 Å². The minimum absolute atomic E-state index is 0. The second kappa shape index (κ2) is 54.1. The molecule has 38 heteroatoms. The number of nitroso groups, excluding NO2 is 3. The first kappa shape index (κ1) is 105. The van der Waals surface area contributed by atoms with Gasteiger partial charge in [-0.1, -0.05) is 71.2 Å². The summed E-state index contributed by atoms with van der Waals surface area (Å²) in [6.07, 6.45) is 4.25. The number of hydrazine groups is 1. The smallest absolute Gasteiger partial charge is 0.481 e. The molecule has 0 spiro atoms. The number of nitrogens with two attached hydrogens (primary N) is 1. The van der Waals surface area contributed by atoms with E-state index in [9.17, 15) is 72.4 Å². The summed E-state index contributed by atoms with van der Waals surface area (Å²) in [5, 5.41) is 77.3. The summed E-state index contributed by atoms with van der Waals surface area (Å²) in [6.45, 7) is 29.7. The van der Waals surface area contributed by atoms with Crippen LogP contribution in [0.3, 0.4) is 0 Å². The van der Waals surface area contributed by atoms with E-state index < -0.39 is 84.5 Å². The standard InChI is InChI=1S/C11H24N2O3Si.C11H26N2O2Si.C7H12O3.2C6H10N2O4.C6H10O3.C4H10O.4CH4.B3.BF3.H2O/c1-11(2,3)17(4,5)16-10-6-7-13(12-15)9(10)8-14;1-11(2,3)16(4,5)15-10-6-7-13(12)9(10)8-14;1-10-7(9)5-3-2-4-6(5)8;2*1-12-6(10)5-4(9)2-3-8(5)7-11;7-5-3-1-2-4(5)6(8)9;1-3-5-4-2;;;;;1-3-2;2-1(3)4;/h9-10,14H,6-8H2,1-5H3;9-10,14H,6-8,12H2,1-5H3;5-6,8H,2-4H2,1H3;2*4-5,9H,2-3H2,1H3;4-5,7H,1-3H2,(H,8,9);3-4H2,1-2H3;4*1H4;;;1H2/t2*9-,10+;5-,6-;3*4-,5-;;;;;;;;/m110000......../s1. The van der Waals surface area contributed by atoms with Crippen LogP contribution in [0.1, 0.15) is 149 Å². The van der Waals surface area contributed by atoms with Gasteiger partial charge in [0.05, 0.1) is 111 Å². The SMILES string of the molecule is C.C.C.C.CC(C)(C)[Si](C)(C)O[C@H]1CCN(N)[C@@H]1CO.CC(C)(C)[Si](C)(C)O[C@H]1CCN(N=O)[C@@H]1CO.CCOCC.COC(=O)[C@@H]1[C@@H](O)CCN1N=O.COC(=O)[C@@H]1[C@@H](O)CCN1N=O.COC(=O)[C@H]1CCC[C@@H]1O.FB(F)F.O.O=C(O)[C@H]1CCC[C@@H]1O.[B][B][B]. The highest BCUT2D eigenvalue weighted by Crippen LogP contribution is 2.40. The molecular weight excluding hydrogens is 1270 g/mol. The van der Waals surface area contributed by atoms with Crippen molar-refractivity contribution in [3.05, 3.63) is 14.7 Å². The second-order valence-electron chi connectivity index (χ2n) is 23.8. The van der Waals surface area contributed by atoms with Crippen molar-refractivity contribution in [2.24, 2.45) is 33.5 Å². The summed E-state index contributed by atoms with van der Waals surface area (Å²) in [6, 6.07) is -2.16. The molecule has 547 valence electrons. The maximum Gasteiger partial charge on any atom is 0.762 e. The van der Waals surface area contributed by atoms with E-state index in [1.54, 1.807) is 5.01 Å². The molecule has 6 rings (SSSR count). The molecule has 6 aliphatic rings. The summed E-state index contributed by atoms with van der Waals surface area (Å²) < 4.78 is 59.7. The van der Waals surface area contributed by atoms with Crippen LogP contribution in [0, 0.1) is 26.6 Å². The van der Waals surface area contributed by atoms with Gasteiger partial charge in [-0.15, -0.1) is 14.7 Å². The normalized spacial score (nSPS) is 24.8. The lowest BCUT2D eigenvalue weighted by molar-refractivity contribution is -0.149. The Balaban J connectivity index is -0.000000150. The van der Waals surface area contributed by atoms with Crippen LogP contribution in [0.4, 0.5) is 12.9 Å². The Morgan fingerprint density at radius 1 is 0.570 bits per heavy atom. The minimum atomic E-state index is -3.67. The number of rotatable bonds is 15. The first-order valence-corrected chi connectivity index (χ1v) is 35.0. The lowest BCUT2D eigenvalue weighted by Gasteiger charge is -2.39. The van der Waals surface area contributed by atoms with Gasteiger partial charge in [0.25, 0.3) is 0 Å². The summed E-state index contributed by atoms with van der Waals surface area (Å²) in [4.78, 5) is 73.9. The molecule has 0 bridgehead atoms. The van der Waals surface area contributed by atoms with Crippen LogP contribution in [0.5, 0.6) is 0 Å². The number of hydrogen-bond donors (Lipinski definition) is 8. The van der Waals surface area contributed by atoms with E-state index in [2.05, 4.69) is 113 Å². The number of aliphatic hydroxyl groups excluding tert-OH is 6. The third kappa shape index (κ3) is 38.6. The molecule has 0 aromatic carbocycles. The predicted molar refractivity (Wildman–Crippen MR) is 362 cm³/mol. The maximum absolute atomic E-state index is 11.0. The molecule has 4 saturated heterocycles. The molecule has 5 radical (unpaired) electrons. The number of esters is 3. The Morgan fingerprint density at radius 3 is 1.13 bits per heavy atom. The fourth-order valence-electron chi connectivity index (χ4n) is 8.88. The van der Waals surface area contributed by atoms with Crippen LogP contribution < -0.4 is 5.84 Å². The molecule has 0 aromatic heterocycles. The lowest BCUT2D eigenvalue weighted by Crippen LogP contribution is -2.50.